The molecule has 1 aromatic rings. The first-order valence-electron chi connectivity index (χ1n) is 4.32. The minimum absolute atomic E-state index is 0.141. The number of hydrogen-bond donors (Lipinski definition) is 1. The second-order valence-electron chi connectivity index (χ2n) is 2.86. The van der Waals surface area contributed by atoms with Crippen LogP contribution in [0.15, 0.2) is 12.3 Å². The molecule has 0 atom stereocenters. The summed E-state index contributed by atoms with van der Waals surface area (Å²) in [5.41, 5.74) is 1.40. The molecule has 4 heteroatoms. The summed E-state index contributed by atoms with van der Waals surface area (Å²) in [5, 5.41) is 2.62. The van der Waals surface area contributed by atoms with Gasteiger partial charge in [-0.2, -0.15) is 0 Å². The van der Waals surface area contributed by atoms with Crippen LogP contribution in [-0.2, 0) is 9.59 Å². The van der Waals surface area contributed by atoms with E-state index < -0.39 is 0 Å². The van der Waals surface area contributed by atoms with Crippen molar-refractivity contribution in [1.29, 1.82) is 0 Å². The van der Waals surface area contributed by atoms with Gasteiger partial charge in [0.1, 0.15) is 5.69 Å². The van der Waals surface area contributed by atoms with Crippen LogP contribution in [0.1, 0.15) is 24.6 Å². The Bertz CT molecular complexity index is 361. The monoisotopic (exact) mass is 191 g/mol. The van der Waals surface area contributed by atoms with E-state index in [0.29, 0.717) is 12.1 Å². The summed E-state index contributed by atoms with van der Waals surface area (Å²) in [6, 6.07) is 1.73. The Balaban J connectivity index is 3.04. The number of aryl methyl sites for hydroxylation is 1. The predicted molar refractivity (Wildman–Crippen MR) is 52.7 cm³/mol. The molecular weight excluding hydrogens is 180 g/mol. The Morgan fingerprint density at radius 2 is 2.36 bits per heavy atom. The lowest BCUT2D eigenvalue weighted by Gasteiger charge is -2.07. The molecule has 0 aromatic carbocycles. The highest BCUT2D eigenvalue weighted by Gasteiger charge is 2.08. The highest BCUT2D eigenvalue weighted by Crippen LogP contribution is 2.16. The smallest absolute Gasteiger partial charge is 0.255 e. The third-order valence-electron chi connectivity index (χ3n) is 1.84. The van der Waals surface area contributed by atoms with E-state index >= 15 is 0 Å². The lowest BCUT2D eigenvalue weighted by Crippen LogP contribution is -2.13. The molecule has 73 valence electrons. The second-order valence-corrected chi connectivity index (χ2v) is 2.86. The molecule has 1 heterocycles. The normalized spacial score (nSPS) is 9.57. The van der Waals surface area contributed by atoms with Crippen LogP contribution >= 0.6 is 0 Å². The van der Waals surface area contributed by atoms with Crippen molar-refractivity contribution in [2.45, 2.75) is 20.3 Å². The Morgan fingerprint density at radius 1 is 1.64 bits per heavy atom. The third kappa shape index (κ3) is 2.16. The van der Waals surface area contributed by atoms with E-state index in [9.17, 15) is 9.59 Å². The molecule has 0 saturated heterocycles. The summed E-state index contributed by atoms with van der Waals surface area (Å²) in [7, 11) is 0. The number of carbonyl (C=O) groups is 1. The summed E-state index contributed by atoms with van der Waals surface area (Å²) < 4.78 is 0. The highest BCUT2D eigenvalue weighted by atomic mass is 16.1. The molecule has 0 bridgehead atoms. The van der Waals surface area contributed by atoms with Gasteiger partial charge in [0.25, 0.3) is 6.29 Å². The number of rotatable bonds is 3. The zero-order valence-corrected chi connectivity index (χ0v) is 8.13. The molecular formula is C10H11N2O2. The lowest BCUT2D eigenvalue weighted by molar-refractivity contribution is -0.115. The minimum Gasteiger partial charge on any atom is -0.324 e. The summed E-state index contributed by atoms with van der Waals surface area (Å²) in [5.74, 6) is -0.141. The molecule has 0 aliphatic carbocycles. The maximum Gasteiger partial charge on any atom is 0.255 e. The predicted octanol–water partition coefficient (Wildman–Crippen LogP) is 1.20. The molecule has 0 aliphatic heterocycles. The Labute approximate surface area is 82.3 Å². The zero-order valence-electron chi connectivity index (χ0n) is 8.13. The molecule has 0 saturated carbocycles. The number of carbonyl (C=O) groups excluding carboxylic acids is 2. The maximum absolute atomic E-state index is 11.1. The first-order chi connectivity index (χ1) is 6.69. The quantitative estimate of drug-likeness (QED) is 0.780. The molecule has 14 heavy (non-hydrogen) atoms. The average Bonchev–Trinajstić information content (AvgIpc) is 2.20. The summed E-state index contributed by atoms with van der Waals surface area (Å²) >= 11 is 0. The zero-order chi connectivity index (χ0) is 10.6. The van der Waals surface area contributed by atoms with Gasteiger partial charge in [0.05, 0.1) is 5.69 Å². The highest BCUT2D eigenvalue weighted by molar-refractivity contribution is 5.96. The maximum atomic E-state index is 11.1. The van der Waals surface area contributed by atoms with E-state index in [4.69, 9.17) is 0 Å². The SMILES string of the molecule is CCC(=O)Nc1c(C)ccnc1[C]=O. The first-order valence-corrected chi connectivity index (χ1v) is 4.32. The van der Waals surface area contributed by atoms with E-state index in [1.54, 1.807) is 26.2 Å². The van der Waals surface area contributed by atoms with Gasteiger partial charge >= 0.3 is 0 Å². The van der Waals surface area contributed by atoms with Gasteiger partial charge in [-0.15, -0.1) is 0 Å². The molecule has 1 aromatic heterocycles. The van der Waals surface area contributed by atoms with E-state index in [-0.39, 0.29) is 11.6 Å². The number of anilines is 1. The van der Waals surface area contributed by atoms with Crippen molar-refractivity contribution >= 4 is 17.9 Å². The molecule has 1 rings (SSSR count). The van der Waals surface area contributed by atoms with Crippen molar-refractivity contribution in [2.24, 2.45) is 0 Å². The number of nitrogens with zero attached hydrogens (tertiary/aromatic N) is 1. The van der Waals surface area contributed by atoms with Gasteiger partial charge in [0, 0.05) is 12.6 Å². The number of pyridine rings is 1. The standard InChI is InChI=1S/C10H11N2O2/c1-3-9(14)12-10-7(2)4-5-11-8(10)6-13/h4-5H,3H2,1-2H3,(H,12,14). The fraction of sp³-hybridized carbons (Fsp3) is 0.300. The van der Waals surface area contributed by atoms with Crippen molar-refractivity contribution in [3.63, 3.8) is 0 Å². The van der Waals surface area contributed by atoms with Crippen LogP contribution in [-0.4, -0.2) is 17.2 Å². The molecule has 1 amide bonds. The van der Waals surface area contributed by atoms with Crippen molar-refractivity contribution in [3.8, 4) is 0 Å². The van der Waals surface area contributed by atoms with Crippen molar-refractivity contribution < 1.29 is 9.59 Å². The van der Waals surface area contributed by atoms with Crippen molar-refractivity contribution in [2.75, 3.05) is 5.32 Å². The van der Waals surface area contributed by atoms with E-state index in [1.807, 2.05) is 0 Å². The van der Waals surface area contributed by atoms with Crippen LogP contribution in [0.3, 0.4) is 0 Å². The summed E-state index contributed by atoms with van der Waals surface area (Å²) in [6.45, 7) is 3.54. The molecule has 0 aliphatic rings. The van der Waals surface area contributed by atoms with Gasteiger partial charge in [0.2, 0.25) is 5.91 Å². The van der Waals surface area contributed by atoms with Gasteiger partial charge in [-0.1, -0.05) is 6.92 Å². The molecule has 0 fully saturated rings. The van der Waals surface area contributed by atoms with Gasteiger partial charge < -0.3 is 5.32 Å². The first kappa shape index (κ1) is 10.4. The largest absolute Gasteiger partial charge is 0.324 e. The Hall–Kier alpha value is -1.71. The Kier molecular flexibility index (Phi) is 3.34. The number of amides is 1. The topological polar surface area (TPSA) is 59.1 Å². The molecule has 0 unspecified atom stereocenters. The van der Waals surface area contributed by atoms with Crippen LogP contribution in [0.2, 0.25) is 0 Å². The average molecular weight is 191 g/mol. The minimum atomic E-state index is -0.141. The van der Waals surface area contributed by atoms with Gasteiger partial charge in [-0.3, -0.25) is 14.6 Å². The van der Waals surface area contributed by atoms with Crippen LogP contribution in [0.4, 0.5) is 5.69 Å². The van der Waals surface area contributed by atoms with Crippen LogP contribution in [0.25, 0.3) is 0 Å². The fourth-order valence-corrected chi connectivity index (χ4v) is 1.02. The molecule has 4 nitrogen and oxygen atoms in total. The molecule has 0 spiro atoms. The second kappa shape index (κ2) is 4.50. The van der Waals surface area contributed by atoms with E-state index in [2.05, 4.69) is 10.3 Å². The number of hydrogen-bond acceptors (Lipinski definition) is 3. The van der Waals surface area contributed by atoms with Crippen LogP contribution in [0, 0.1) is 6.92 Å². The molecule has 1 radical (unpaired) electrons. The number of nitrogens with one attached hydrogen (secondary N) is 1. The third-order valence-corrected chi connectivity index (χ3v) is 1.84. The van der Waals surface area contributed by atoms with Crippen molar-refractivity contribution in [1.82, 2.24) is 4.98 Å². The summed E-state index contributed by atoms with van der Waals surface area (Å²) in [4.78, 5) is 25.5. The van der Waals surface area contributed by atoms with E-state index in [1.165, 1.54) is 6.20 Å². The Morgan fingerprint density at radius 3 is 2.93 bits per heavy atom. The lowest BCUT2D eigenvalue weighted by atomic mass is 10.2. The van der Waals surface area contributed by atoms with Crippen LogP contribution in [0.5, 0.6) is 0 Å². The van der Waals surface area contributed by atoms with E-state index in [0.717, 1.165) is 5.56 Å². The van der Waals surface area contributed by atoms with Gasteiger partial charge in [-0.25, -0.2) is 0 Å². The van der Waals surface area contributed by atoms with Crippen molar-refractivity contribution in [3.05, 3.63) is 23.5 Å². The number of aromatic nitrogens is 1. The summed E-state index contributed by atoms with van der Waals surface area (Å²) in [6.07, 6.45) is 3.57. The van der Waals surface area contributed by atoms with Gasteiger partial charge in [0.15, 0.2) is 0 Å². The molecule has 1 N–H and O–H groups in total. The van der Waals surface area contributed by atoms with Gasteiger partial charge in [-0.05, 0) is 18.6 Å². The van der Waals surface area contributed by atoms with Crippen LogP contribution < -0.4 is 5.32 Å². The fourth-order valence-electron chi connectivity index (χ4n) is 1.02.